The molecule has 1 heterocycles. The molecule has 3 aromatic rings. The van der Waals surface area contributed by atoms with E-state index in [1.165, 1.54) is 6.92 Å². The molecule has 1 aromatic heterocycles. The van der Waals surface area contributed by atoms with Crippen LogP contribution in [0.2, 0.25) is 0 Å². The molecule has 0 saturated heterocycles. The smallest absolute Gasteiger partial charge is 0.251 e. The Bertz CT molecular complexity index is 895. The van der Waals surface area contributed by atoms with Gasteiger partial charge in [-0.1, -0.05) is 26.0 Å². The number of nitrogens with zero attached hydrogens (tertiary/aromatic N) is 1. The molecular formula is C20H22N4O2. The first-order valence-electron chi connectivity index (χ1n) is 8.57. The number of amides is 2. The molecule has 3 N–H and O–H groups in total. The van der Waals surface area contributed by atoms with Crippen molar-refractivity contribution in [2.45, 2.75) is 26.8 Å². The maximum Gasteiger partial charge on any atom is 0.251 e. The maximum absolute atomic E-state index is 12.6. The number of nitrogens with one attached hydrogen (secondary N) is 3. The molecule has 0 saturated carbocycles. The van der Waals surface area contributed by atoms with Crippen LogP contribution in [0.15, 0.2) is 48.5 Å². The molecule has 1 unspecified atom stereocenters. The molecule has 26 heavy (non-hydrogen) atoms. The van der Waals surface area contributed by atoms with Crippen LogP contribution in [-0.4, -0.2) is 21.8 Å². The zero-order chi connectivity index (χ0) is 18.7. The Labute approximate surface area is 152 Å². The number of aromatic nitrogens is 2. The van der Waals surface area contributed by atoms with E-state index in [1.54, 1.807) is 24.3 Å². The molecule has 2 amide bonds. The minimum Gasteiger partial charge on any atom is -0.342 e. The highest BCUT2D eigenvalue weighted by atomic mass is 16.2. The summed E-state index contributed by atoms with van der Waals surface area (Å²) in [6, 6.07) is 14.4. The van der Waals surface area contributed by atoms with Crippen LogP contribution in [0.1, 0.15) is 43.0 Å². The molecule has 0 aliphatic heterocycles. The van der Waals surface area contributed by atoms with Crippen LogP contribution >= 0.6 is 0 Å². The first-order valence-corrected chi connectivity index (χ1v) is 8.57. The topological polar surface area (TPSA) is 86.9 Å². The molecule has 6 nitrogen and oxygen atoms in total. The van der Waals surface area contributed by atoms with E-state index < -0.39 is 0 Å². The Morgan fingerprint density at radius 3 is 2.35 bits per heavy atom. The van der Waals surface area contributed by atoms with Gasteiger partial charge in [0.1, 0.15) is 5.82 Å². The lowest BCUT2D eigenvalue weighted by Crippen LogP contribution is -2.32. The number of hydrogen-bond donors (Lipinski definition) is 3. The number of aromatic amines is 1. The molecule has 0 bridgehead atoms. The van der Waals surface area contributed by atoms with Crippen molar-refractivity contribution in [3.8, 4) is 0 Å². The van der Waals surface area contributed by atoms with Gasteiger partial charge in [0.25, 0.3) is 5.91 Å². The second kappa shape index (κ2) is 7.39. The Morgan fingerprint density at radius 2 is 1.73 bits per heavy atom. The molecule has 0 spiro atoms. The minimum atomic E-state index is -0.232. The van der Waals surface area contributed by atoms with Crippen LogP contribution in [0.25, 0.3) is 11.0 Å². The summed E-state index contributed by atoms with van der Waals surface area (Å²) in [7, 11) is 0. The quantitative estimate of drug-likeness (QED) is 0.656. The Hall–Kier alpha value is -3.15. The standard InChI is InChI=1S/C20H22N4O2/c1-12(2)18(19-22-16-6-4-5-7-17(16)23-19)24-20(26)14-8-10-15(11-9-14)21-13(3)25/h4-12,18H,1-3H3,(H,21,25)(H,22,23)(H,24,26). The number of H-pyrrole nitrogens is 1. The normalized spacial score (nSPS) is 12.2. The number of hydrogen-bond acceptors (Lipinski definition) is 3. The van der Waals surface area contributed by atoms with Gasteiger partial charge in [0.05, 0.1) is 17.1 Å². The van der Waals surface area contributed by atoms with Gasteiger partial charge in [-0.05, 0) is 42.3 Å². The summed E-state index contributed by atoms with van der Waals surface area (Å²) in [5.74, 6) is 0.577. The highest BCUT2D eigenvalue weighted by Crippen LogP contribution is 2.23. The molecule has 0 fully saturated rings. The number of rotatable bonds is 5. The summed E-state index contributed by atoms with van der Waals surface area (Å²) in [4.78, 5) is 31.6. The Balaban J connectivity index is 1.79. The number of anilines is 1. The molecule has 134 valence electrons. The van der Waals surface area contributed by atoms with Gasteiger partial charge < -0.3 is 15.6 Å². The average molecular weight is 350 g/mol. The van der Waals surface area contributed by atoms with Crippen molar-refractivity contribution in [2.24, 2.45) is 5.92 Å². The lowest BCUT2D eigenvalue weighted by atomic mass is 10.0. The third-order valence-corrected chi connectivity index (χ3v) is 4.12. The van der Waals surface area contributed by atoms with Crippen LogP contribution in [0.4, 0.5) is 5.69 Å². The fourth-order valence-electron chi connectivity index (χ4n) is 2.80. The maximum atomic E-state index is 12.6. The minimum absolute atomic E-state index is 0.146. The van der Waals surface area contributed by atoms with E-state index >= 15 is 0 Å². The first kappa shape index (κ1) is 17.7. The van der Waals surface area contributed by atoms with Crippen LogP contribution in [0.5, 0.6) is 0 Å². The fourth-order valence-corrected chi connectivity index (χ4v) is 2.80. The molecule has 1 atom stereocenters. The van der Waals surface area contributed by atoms with E-state index in [0.717, 1.165) is 16.9 Å². The Morgan fingerprint density at radius 1 is 1.04 bits per heavy atom. The number of carbonyl (C=O) groups is 2. The summed E-state index contributed by atoms with van der Waals surface area (Å²) in [5.41, 5.74) is 3.01. The molecule has 6 heteroatoms. The Kier molecular flexibility index (Phi) is 5.02. The summed E-state index contributed by atoms with van der Waals surface area (Å²) in [6.45, 7) is 5.53. The molecule has 0 aliphatic carbocycles. The van der Waals surface area contributed by atoms with Gasteiger partial charge in [-0.15, -0.1) is 0 Å². The van der Waals surface area contributed by atoms with Crippen LogP contribution < -0.4 is 10.6 Å². The molecule has 0 radical (unpaired) electrons. The molecule has 0 aliphatic rings. The highest BCUT2D eigenvalue weighted by molar-refractivity contribution is 5.95. The molecule has 2 aromatic carbocycles. The van der Waals surface area contributed by atoms with E-state index in [1.807, 2.05) is 38.1 Å². The largest absolute Gasteiger partial charge is 0.342 e. The zero-order valence-corrected chi connectivity index (χ0v) is 15.0. The van der Waals surface area contributed by atoms with Crippen molar-refractivity contribution in [3.05, 3.63) is 59.9 Å². The lowest BCUT2D eigenvalue weighted by molar-refractivity contribution is -0.114. The number of benzene rings is 2. The van der Waals surface area contributed by atoms with Gasteiger partial charge >= 0.3 is 0 Å². The fraction of sp³-hybridized carbons (Fsp3) is 0.250. The summed E-state index contributed by atoms with van der Waals surface area (Å²) < 4.78 is 0. The predicted octanol–water partition coefficient (Wildman–Crippen LogP) is 3.65. The van der Waals surface area contributed by atoms with Gasteiger partial charge in [-0.2, -0.15) is 0 Å². The second-order valence-electron chi connectivity index (χ2n) is 6.59. The van der Waals surface area contributed by atoms with E-state index in [9.17, 15) is 9.59 Å². The van der Waals surface area contributed by atoms with Crippen LogP contribution in [0.3, 0.4) is 0 Å². The van der Waals surface area contributed by atoms with Gasteiger partial charge in [-0.3, -0.25) is 9.59 Å². The molecule has 3 rings (SSSR count). The van der Waals surface area contributed by atoms with Gasteiger partial charge in [0, 0.05) is 18.2 Å². The monoisotopic (exact) mass is 350 g/mol. The summed E-state index contributed by atoms with van der Waals surface area (Å²) >= 11 is 0. The third kappa shape index (κ3) is 3.91. The number of imidazole rings is 1. The second-order valence-corrected chi connectivity index (χ2v) is 6.59. The van der Waals surface area contributed by atoms with Crippen LogP contribution in [-0.2, 0) is 4.79 Å². The highest BCUT2D eigenvalue weighted by Gasteiger charge is 2.22. The van der Waals surface area contributed by atoms with E-state index in [2.05, 4.69) is 20.6 Å². The zero-order valence-electron chi connectivity index (χ0n) is 15.0. The summed E-state index contributed by atoms with van der Waals surface area (Å²) in [6.07, 6.45) is 0. The van der Waals surface area contributed by atoms with Crippen molar-refractivity contribution in [2.75, 3.05) is 5.32 Å². The number of carbonyl (C=O) groups excluding carboxylic acids is 2. The van der Waals surface area contributed by atoms with Crippen molar-refractivity contribution >= 4 is 28.5 Å². The number of fused-ring (bicyclic) bond motifs is 1. The van der Waals surface area contributed by atoms with Crippen molar-refractivity contribution < 1.29 is 9.59 Å². The molecular weight excluding hydrogens is 328 g/mol. The van der Waals surface area contributed by atoms with Gasteiger partial charge in [0.15, 0.2) is 0 Å². The number of para-hydroxylation sites is 2. The first-order chi connectivity index (χ1) is 12.4. The summed E-state index contributed by atoms with van der Waals surface area (Å²) in [5, 5.41) is 5.74. The predicted molar refractivity (Wildman–Crippen MR) is 102 cm³/mol. The van der Waals surface area contributed by atoms with E-state index in [0.29, 0.717) is 11.3 Å². The van der Waals surface area contributed by atoms with Gasteiger partial charge in [0.2, 0.25) is 5.91 Å². The van der Waals surface area contributed by atoms with Crippen molar-refractivity contribution in [1.82, 2.24) is 15.3 Å². The van der Waals surface area contributed by atoms with E-state index in [4.69, 9.17) is 0 Å². The SMILES string of the molecule is CC(=O)Nc1ccc(C(=O)NC(c2nc3ccccc3[nH]2)C(C)C)cc1. The van der Waals surface area contributed by atoms with Crippen molar-refractivity contribution in [1.29, 1.82) is 0 Å². The van der Waals surface area contributed by atoms with E-state index in [-0.39, 0.29) is 23.8 Å². The van der Waals surface area contributed by atoms with Crippen LogP contribution in [0, 0.1) is 5.92 Å². The average Bonchev–Trinajstić information content (AvgIpc) is 3.03. The van der Waals surface area contributed by atoms with Gasteiger partial charge in [-0.25, -0.2) is 4.98 Å². The van der Waals surface area contributed by atoms with Crippen molar-refractivity contribution in [3.63, 3.8) is 0 Å². The third-order valence-electron chi connectivity index (χ3n) is 4.12. The lowest BCUT2D eigenvalue weighted by Gasteiger charge is -2.20.